The first-order valence-electron chi connectivity index (χ1n) is 7.11. The summed E-state index contributed by atoms with van der Waals surface area (Å²) in [6, 6.07) is 0. The number of rotatable bonds is 5. The number of aromatic nitrogens is 2. The quantitative estimate of drug-likeness (QED) is 0.784. The number of thioether (sulfide) groups is 1. The monoisotopic (exact) mass is 343 g/mol. The average Bonchev–Trinajstić information content (AvgIpc) is 2.40. The summed E-state index contributed by atoms with van der Waals surface area (Å²) >= 11 is 5.55. The van der Waals surface area contributed by atoms with E-state index in [1.165, 1.54) is 25.7 Å². The molecule has 0 aromatic carbocycles. The lowest BCUT2D eigenvalue weighted by Gasteiger charge is -2.26. The third-order valence-corrected chi connectivity index (χ3v) is 5.77. The molecular formula is C14H22BrN3S. The minimum Gasteiger partial charge on any atom is -0.369 e. The Bertz CT molecular complexity index is 414. The van der Waals surface area contributed by atoms with E-state index in [4.69, 9.17) is 0 Å². The molecule has 0 radical (unpaired) electrons. The van der Waals surface area contributed by atoms with E-state index in [0.29, 0.717) is 5.25 Å². The van der Waals surface area contributed by atoms with E-state index in [9.17, 15) is 0 Å². The van der Waals surface area contributed by atoms with Crippen LogP contribution in [0, 0.1) is 5.92 Å². The summed E-state index contributed by atoms with van der Waals surface area (Å²) in [5.41, 5.74) is 0. The molecule has 2 unspecified atom stereocenters. The number of nitrogens with one attached hydrogen (secondary N) is 1. The van der Waals surface area contributed by atoms with Crippen LogP contribution >= 0.6 is 27.7 Å². The van der Waals surface area contributed by atoms with Gasteiger partial charge >= 0.3 is 0 Å². The highest BCUT2D eigenvalue weighted by Gasteiger charge is 2.21. The SMILES string of the molecule is CCCNc1ncnc(SC2CCCC(C)C2)c1Br. The second-order valence-electron chi connectivity index (χ2n) is 5.28. The molecule has 1 heterocycles. The molecule has 2 atom stereocenters. The van der Waals surface area contributed by atoms with Crippen molar-refractivity contribution in [3.63, 3.8) is 0 Å². The van der Waals surface area contributed by atoms with Crippen LogP contribution in [0.3, 0.4) is 0 Å². The van der Waals surface area contributed by atoms with Gasteiger partial charge in [0.25, 0.3) is 0 Å². The van der Waals surface area contributed by atoms with Gasteiger partial charge in [-0.15, -0.1) is 11.8 Å². The van der Waals surface area contributed by atoms with E-state index in [-0.39, 0.29) is 0 Å². The number of anilines is 1. The van der Waals surface area contributed by atoms with Gasteiger partial charge in [0.05, 0.1) is 4.47 Å². The lowest BCUT2D eigenvalue weighted by molar-refractivity contribution is 0.394. The van der Waals surface area contributed by atoms with Gasteiger partial charge in [0.2, 0.25) is 0 Å². The van der Waals surface area contributed by atoms with Crippen molar-refractivity contribution in [2.75, 3.05) is 11.9 Å². The van der Waals surface area contributed by atoms with E-state index in [1.54, 1.807) is 6.33 Å². The molecule has 5 heteroatoms. The molecule has 1 aliphatic rings. The van der Waals surface area contributed by atoms with Gasteiger partial charge in [0.15, 0.2) is 0 Å². The third-order valence-electron chi connectivity index (χ3n) is 3.47. The summed E-state index contributed by atoms with van der Waals surface area (Å²) in [4.78, 5) is 8.73. The largest absolute Gasteiger partial charge is 0.369 e. The smallest absolute Gasteiger partial charge is 0.144 e. The van der Waals surface area contributed by atoms with Gasteiger partial charge in [0, 0.05) is 11.8 Å². The van der Waals surface area contributed by atoms with Crippen molar-refractivity contribution in [2.45, 2.75) is 56.2 Å². The van der Waals surface area contributed by atoms with Crippen LogP contribution < -0.4 is 5.32 Å². The van der Waals surface area contributed by atoms with Crippen LogP contribution in [0.25, 0.3) is 0 Å². The lowest BCUT2D eigenvalue weighted by Crippen LogP contribution is -2.15. The van der Waals surface area contributed by atoms with Gasteiger partial charge in [-0.05, 0) is 41.1 Å². The van der Waals surface area contributed by atoms with Crippen molar-refractivity contribution in [1.29, 1.82) is 0 Å². The number of halogens is 1. The minimum atomic E-state index is 0.703. The van der Waals surface area contributed by atoms with Crippen molar-refractivity contribution in [1.82, 2.24) is 9.97 Å². The fraction of sp³-hybridized carbons (Fsp3) is 0.714. The van der Waals surface area contributed by atoms with Crippen molar-refractivity contribution in [3.8, 4) is 0 Å². The zero-order valence-electron chi connectivity index (χ0n) is 11.7. The predicted molar refractivity (Wildman–Crippen MR) is 85.8 cm³/mol. The highest BCUT2D eigenvalue weighted by molar-refractivity contribution is 9.10. The molecule has 1 fully saturated rings. The lowest BCUT2D eigenvalue weighted by atomic mass is 9.91. The van der Waals surface area contributed by atoms with Crippen molar-refractivity contribution in [2.24, 2.45) is 5.92 Å². The highest BCUT2D eigenvalue weighted by Crippen LogP contribution is 2.39. The Kier molecular flexibility index (Phi) is 5.95. The summed E-state index contributed by atoms with van der Waals surface area (Å²) < 4.78 is 1.02. The molecule has 0 bridgehead atoms. The van der Waals surface area contributed by atoms with Gasteiger partial charge in [-0.25, -0.2) is 9.97 Å². The molecule has 0 amide bonds. The Balaban J connectivity index is 2.03. The zero-order valence-corrected chi connectivity index (χ0v) is 14.1. The molecule has 0 aliphatic heterocycles. The Labute approximate surface area is 128 Å². The van der Waals surface area contributed by atoms with Crippen molar-refractivity contribution in [3.05, 3.63) is 10.8 Å². The fourth-order valence-corrected chi connectivity index (χ4v) is 4.40. The predicted octanol–water partition coefficient (Wildman–Crippen LogP) is 4.73. The molecule has 0 saturated heterocycles. The second kappa shape index (κ2) is 7.48. The Hall–Kier alpha value is -0.290. The fourth-order valence-electron chi connectivity index (χ4n) is 2.45. The molecule has 3 nitrogen and oxygen atoms in total. The topological polar surface area (TPSA) is 37.8 Å². The normalized spacial score (nSPS) is 23.3. The summed E-state index contributed by atoms with van der Waals surface area (Å²) in [5, 5.41) is 5.12. The summed E-state index contributed by atoms with van der Waals surface area (Å²) in [6.07, 6.45) is 8.10. The molecule has 1 aliphatic carbocycles. The van der Waals surface area contributed by atoms with E-state index in [2.05, 4.69) is 45.1 Å². The highest BCUT2D eigenvalue weighted by atomic mass is 79.9. The molecule has 19 heavy (non-hydrogen) atoms. The number of hydrogen-bond acceptors (Lipinski definition) is 4. The maximum Gasteiger partial charge on any atom is 0.144 e. The van der Waals surface area contributed by atoms with Crippen LogP contribution in [-0.4, -0.2) is 21.8 Å². The summed E-state index contributed by atoms with van der Waals surface area (Å²) in [5.74, 6) is 1.77. The molecule has 106 valence electrons. The average molecular weight is 344 g/mol. The zero-order chi connectivity index (χ0) is 13.7. The van der Waals surface area contributed by atoms with E-state index >= 15 is 0 Å². The molecule has 1 aromatic rings. The first kappa shape index (κ1) is 15.1. The van der Waals surface area contributed by atoms with E-state index in [1.807, 2.05) is 11.8 Å². The molecule has 1 saturated carbocycles. The van der Waals surface area contributed by atoms with E-state index < -0.39 is 0 Å². The van der Waals surface area contributed by atoms with Crippen LogP contribution in [0.1, 0.15) is 46.0 Å². The third kappa shape index (κ3) is 4.35. The molecule has 1 N–H and O–H groups in total. The van der Waals surface area contributed by atoms with Crippen LogP contribution in [0.2, 0.25) is 0 Å². The van der Waals surface area contributed by atoms with E-state index in [0.717, 1.165) is 34.2 Å². The van der Waals surface area contributed by atoms with Crippen molar-refractivity contribution < 1.29 is 0 Å². The van der Waals surface area contributed by atoms with Crippen LogP contribution in [0.15, 0.2) is 15.8 Å². The van der Waals surface area contributed by atoms with Gasteiger partial charge in [-0.1, -0.05) is 26.7 Å². The Morgan fingerprint density at radius 1 is 1.42 bits per heavy atom. The van der Waals surface area contributed by atoms with Crippen LogP contribution in [-0.2, 0) is 0 Å². The Morgan fingerprint density at radius 3 is 3.00 bits per heavy atom. The summed E-state index contributed by atoms with van der Waals surface area (Å²) in [6.45, 7) is 5.46. The molecule has 2 rings (SSSR count). The van der Waals surface area contributed by atoms with Crippen LogP contribution in [0.5, 0.6) is 0 Å². The van der Waals surface area contributed by atoms with Gasteiger partial charge in [-0.3, -0.25) is 0 Å². The molecule has 1 aromatic heterocycles. The van der Waals surface area contributed by atoms with Gasteiger partial charge < -0.3 is 5.32 Å². The first-order valence-corrected chi connectivity index (χ1v) is 8.79. The maximum atomic E-state index is 4.43. The van der Waals surface area contributed by atoms with Crippen LogP contribution in [0.4, 0.5) is 5.82 Å². The maximum absolute atomic E-state index is 4.43. The standard InChI is InChI=1S/C14H22BrN3S/c1-3-7-16-13-12(15)14(18-9-17-13)19-11-6-4-5-10(2)8-11/h9-11H,3-8H2,1-2H3,(H,16,17,18). The minimum absolute atomic E-state index is 0.703. The summed E-state index contributed by atoms with van der Waals surface area (Å²) in [7, 11) is 0. The molecular weight excluding hydrogens is 322 g/mol. The first-order chi connectivity index (χ1) is 9.20. The number of nitrogens with zero attached hydrogens (tertiary/aromatic N) is 2. The Morgan fingerprint density at radius 2 is 2.26 bits per heavy atom. The number of hydrogen-bond donors (Lipinski definition) is 1. The second-order valence-corrected chi connectivity index (χ2v) is 7.36. The van der Waals surface area contributed by atoms with Gasteiger partial charge in [-0.2, -0.15) is 0 Å². The molecule has 0 spiro atoms. The van der Waals surface area contributed by atoms with Gasteiger partial charge in [0.1, 0.15) is 17.2 Å². The van der Waals surface area contributed by atoms with Crippen molar-refractivity contribution >= 4 is 33.5 Å².